The fraction of sp³-hybridized carbons (Fsp3) is 0.500. The number of likely N-dealkylation sites (tertiary alicyclic amines) is 1. The molecule has 0 bridgehead atoms. The van der Waals surface area contributed by atoms with Gasteiger partial charge in [0.05, 0.1) is 37.5 Å². The van der Waals surface area contributed by atoms with Crippen LogP contribution in [0.15, 0.2) is 29.5 Å². The second-order valence-corrected chi connectivity index (χ2v) is 5.68. The Bertz CT molecular complexity index is 459. The molecule has 0 aromatic carbocycles. The van der Waals surface area contributed by atoms with Crippen molar-refractivity contribution in [2.45, 2.75) is 12.1 Å². The van der Waals surface area contributed by atoms with Crippen molar-refractivity contribution in [1.82, 2.24) is 4.90 Å². The van der Waals surface area contributed by atoms with E-state index in [4.69, 9.17) is 9.47 Å². The smallest absolute Gasteiger partial charge is 0.255 e. The highest BCUT2D eigenvalue weighted by molar-refractivity contribution is 7.08. The Morgan fingerprint density at radius 2 is 2.53 bits per heavy atom. The molecule has 0 unspecified atom stereocenters. The van der Waals surface area contributed by atoms with Gasteiger partial charge < -0.3 is 14.4 Å². The van der Waals surface area contributed by atoms with Crippen molar-refractivity contribution in [3.05, 3.63) is 35.0 Å². The summed E-state index contributed by atoms with van der Waals surface area (Å²) in [7, 11) is 0. The molecule has 1 aromatic rings. The Labute approximate surface area is 116 Å². The molecular formula is C14H17NO3S. The first-order valence-electron chi connectivity index (χ1n) is 6.44. The fourth-order valence-corrected chi connectivity index (χ4v) is 3.48. The van der Waals surface area contributed by atoms with Crippen LogP contribution in [-0.4, -0.2) is 49.3 Å². The molecule has 0 aliphatic carbocycles. The third kappa shape index (κ3) is 2.33. The first kappa shape index (κ1) is 12.8. The van der Waals surface area contributed by atoms with Gasteiger partial charge in [-0.3, -0.25) is 4.79 Å². The maximum absolute atomic E-state index is 12.5. The molecule has 1 aromatic heterocycles. The van der Waals surface area contributed by atoms with Crippen LogP contribution in [0.4, 0.5) is 0 Å². The topological polar surface area (TPSA) is 38.8 Å². The van der Waals surface area contributed by atoms with E-state index in [0.717, 1.165) is 5.56 Å². The first-order valence-corrected chi connectivity index (χ1v) is 7.39. The van der Waals surface area contributed by atoms with Crippen LogP contribution in [0.25, 0.3) is 0 Å². The van der Waals surface area contributed by atoms with Gasteiger partial charge in [0.2, 0.25) is 0 Å². The van der Waals surface area contributed by atoms with Crippen LogP contribution in [0.5, 0.6) is 0 Å². The summed E-state index contributed by atoms with van der Waals surface area (Å²) in [5.74, 6) is 0.383. The van der Waals surface area contributed by atoms with E-state index in [1.54, 1.807) is 17.4 Å². The minimum atomic E-state index is 0.0630. The molecule has 3 heterocycles. The lowest BCUT2D eigenvalue weighted by Crippen LogP contribution is -2.37. The number of fused-ring (bicyclic) bond motifs is 1. The van der Waals surface area contributed by atoms with E-state index in [-0.39, 0.29) is 18.1 Å². The largest absolute Gasteiger partial charge is 0.379 e. The molecule has 102 valence electrons. The molecule has 19 heavy (non-hydrogen) atoms. The van der Waals surface area contributed by atoms with Crippen molar-refractivity contribution < 1.29 is 14.3 Å². The van der Waals surface area contributed by atoms with Crippen molar-refractivity contribution in [2.75, 3.05) is 26.4 Å². The Morgan fingerprint density at radius 3 is 3.26 bits per heavy atom. The van der Waals surface area contributed by atoms with Crippen LogP contribution in [-0.2, 0) is 9.47 Å². The maximum atomic E-state index is 12.5. The Kier molecular flexibility index (Phi) is 3.68. The summed E-state index contributed by atoms with van der Waals surface area (Å²) in [5.41, 5.74) is 0.764. The van der Waals surface area contributed by atoms with E-state index in [0.29, 0.717) is 32.3 Å². The van der Waals surface area contributed by atoms with Crippen LogP contribution in [0.2, 0.25) is 0 Å². The lowest BCUT2D eigenvalue weighted by Gasteiger charge is -2.21. The summed E-state index contributed by atoms with van der Waals surface area (Å²) < 4.78 is 11.3. The summed E-state index contributed by atoms with van der Waals surface area (Å²) in [6, 6.07) is 2.03. The zero-order chi connectivity index (χ0) is 13.2. The summed E-state index contributed by atoms with van der Waals surface area (Å²) in [6.45, 7) is 6.14. The highest BCUT2D eigenvalue weighted by atomic mass is 32.1. The van der Waals surface area contributed by atoms with Gasteiger partial charge in [0.1, 0.15) is 0 Å². The monoisotopic (exact) mass is 279 g/mol. The quantitative estimate of drug-likeness (QED) is 0.789. The second-order valence-electron chi connectivity index (χ2n) is 4.90. The summed E-state index contributed by atoms with van der Waals surface area (Å²) >= 11 is 1.54. The molecule has 0 spiro atoms. The molecule has 1 amide bonds. The normalized spacial score (nSPS) is 29.5. The van der Waals surface area contributed by atoms with Gasteiger partial charge in [-0.2, -0.15) is 11.3 Å². The minimum Gasteiger partial charge on any atom is -0.379 e. The van der Waals surface area contributed by atoms with Gasteiger partial charge in [0, 0.05) is 17.8 Å². The van der Waals surface area contributed by atoms with Crippen molar-refractivity contribution in [3.8, 4) is 0 Å². The third-order valence-corrected chi connectivity index (χ3v) is 4.49. The van der Waals surface area contributed by atoms with Crippen LogP contribution in [0.1, 0.15) is 10.4 Å². The number of hydrogen-bond acceptors (Lipinski definition) is 4. The maximum Gasteiger partial charge on any atom is 0.255 e. The van der Waals surface area contributed by atoms with Gasteiger partial charge in [0.25, 0.3) is 5.91 Å². The number of thiophene rings is 1. The predicted octanol–water partition coefficient (Wildman–Crippen LogP) is 1.79. The van der Waals surface area contributed by atoms with Crippen LogP contribution < -0.4 is 0 Å². The van der Waals surface area contributed by atoms with E-state index in [9.17, 15) is 4.79 Å². The average molecular weight is 279 g/mol. The number of carbonyl (C=O) groups is 1. The van der Waals surface area contributed by atoms with E-state index in [2.05, 4.69) is 6.58 Å². The van der Waals surface area contributed by atoms with Gasteiger partial charge in [0.15, 0.2) is 0 Å². The van der Waals surface area contributed by atoms with Crippen molar-refractivity contribution >= 4 is 17.2 Å². The van der Waals surface area contributed by atoms with E-state index in [1.807, 2.05) is 21.7 Å². The highest BCUT2D eigenvalue weighted by Crippen LogP contribution is 2.33. The number of rotatable bonds is 4. The molecule has 0 saturated carbocycles. The number of carbonyl (C=O) groups excluding carboxylic acids is 1. The highest BCUT2D eigenvalue weighted by Gasteiger charge is 2.47. The second kappa shape index (κ2) is 5.45. The number of nitrogens with zero attached hydrogens (tertiary/aromatic N) is 1. The molecule has 3 atom stereocenters. The lowest BCUT2D eigenvalue weighted by molar-refractivity contribution is 0.0330. The van der Waals surface area contributed by atoms with Gasteiger partial charge in [-0.25, -0.2) is 0 Å². The van der Waals surface area contributed by atoms with Crippen molar-refractivity contribution in [1.29, 1.82) is 0 Å². The van der Waals surface area contributed by atoms with Gasteiger partial charge in [-0.05, 0) is 11.4 Å². The number of ether oxygens (including phenoxy) is 2. The van der Waals surface area contributed by atoms with Gasteiger partial charge in [-0.15, -0.1) is 6.58 Å². The van der Waals surface area contributed by atoms with Gasteiger partial charge in [-0.1, -0.05) is 6.08 Å². The molecule has 4 nitrogen and oxygen atoms in total. The Balaban J connectivity index is 1.75. The molecule has 2 aliphatic heterocycles. The SMILES string of the molecule is C=CCO[C@H]1CN(C(=O)c2ccsc2)[C@@H]2COC[C@H]12. The van der Waals surface area contributed by atoms with Gasteiger partial charge >= 0.3 is 0 Å². The zero-order valence-corrected chi connectivity index (χ0v) is 11.5. The van der Waals surface area contributed by atoms with E-state index >= 15 is 0 Å². The number of amides is 1. The molecular weight excluding hydrogens is 262 g/mol. The Morgan fingerprint density at radius 1 is 1.63 bits per heavy atom. The summed E-state index contributed by atoms with van der Waals surface area (Å²) in [6.07, 6.45) is 1.81. The molecule has 0 N–H and O–H groups in total. The molecule has 2 saturated heterocycles. The summed E-state index contributed by atoms with van der Waals surface area (Å²) in [5, 5.41) is 3.82. The molecule has 0 radical (unpaired) electrons. The summed E-state index contributed by atoms with van der Waals surface area (Å²) in [4.78, 5) is 14.4. The molecule has 2 aliphatic rings. The standard InChI is InChI=1S/C14H17NO3S/c1-2-4-18-13-6-15(12-8-17-7-11(12)13)14(16)10-3-5-19-9-10/h2-3,5,9,11-13H,1,4,6-8H2/t11-,12+,13-/m0/s1. The number of hydrogen-bond donors (Lipinski definition) is 0. The fourth-order valence-electron chi connectivity index (χ4n) is 2.85. The van der Waals surface area contributed by atoms with E-state index in [1.165, 1.54) is 0 Å². The van der Waals surface area contributed by atoms with Crippen LogP contribution in [0.3, 0.4) is 0 Å². The minimum absolute atomic E-state index is 0.0630. The first-order chi connectivity index (χ1) is 9.31. The van der Waals surface area contributed by atoms with E-state index < -0.39 is 0 Å². The van der Waals surface area contributed by atoms with Crippen LogP contribution >= 0.6 is 11.3 Å². The lowest BCUT2D eigenvalue weighted by atomic mass is 10.0. The molecule has 2 fully saturated rings. The average Bonchev–Trinajstić information content (AvgIpc) is 3.12. The third-order valence-electron chi connectivity index (χ3n) is 3.80. The van der Waals surface area contributed by atoms with Crippen LogP contribution in [0, 0.1) is 5.92 Å². The zero-order valence-electron chi connectivity index (χ0n) is 10.7. The van der Waals surface area contributed by atoms with Crippen molar-refractivity contribution in [3.63, 3.8) is 0 Å². The molecule has 5 heteroatoms. The predicted molar refractivity (Wildman–Crippen MR) is 73.4 cm³/mol. The molecule has 3 rings (SSSR count). The Hall–Kier alpha value is -1.17. The van der Waals surface area contributed by atoms with Crippen molar-refractivity contribution in [2.24, 2.45) is 5.92 Å².